The first-order valence-electron chi connectivity index (χ1n) is 8.80. The lowest BCUT2D eigenvalue weighted by Crippen LogP contribution is -2.27. The summed E-state index contributed by atoms with van der Waals surface area (Å²) in [6, 6.07) is 8.10. The van der Waals surface area contributed by atoms with Crippen molar-refractivity contribution in [1.29, 1.82) is 0 Å². The molecule has 27 heavy (non-hydrogen) atoms. The van der Waals surface area contributed by atoms with E-state index in [-0.39, 0.29) is 12.5 Å². The van der Waals surface area contributed by atoms with Gasteiger partial charge >= 0.3 is 0 Å². The Balaban J connectivity index is 1.89. The van der Waals surface area contributed by atoms with Crippen molar-refractivity contribution in [3.05, 3.63) is 35.2 Å². The molecule has 0 spiro atoms. The molecule has 0 saturated carbocycles. The van der Waals surface area contributed by atoms with Gasteiger partial charge in [0.15, 0.2) is 11.7 Å². The molecule has 0 aliphatic carbocycles. The van der Waals surface area contributed by atoms with E-state index in [1.165, 1.54) is 4.90 Å². The highest BCUT2D eigenvalue weighted by atomic mass is 32.1. The number of fused-ring (bicyclic) bond motifs is 1. The third-order valence-electron chi connectivity index (χ3n) is 4.03. The molecule has 0 radical (unpaired) electrons. The average molecular weight is 385 g/mol. The maximum atomic E-state index is 11.7. The van der Waals surface area contributed by atoms with Crippen molar-refractivity contribution in [2.24, 2.45) is 0 Å². The summed E-state index contributed by atoms with van der Waals surface area (Å²) in [4.78, 5) is 22.6. The zero-order valence-electron chi connectivity index (χ0n) is 16.2. The third kappa shape index (κ3) is 4.54. The molecule has 0 unspecified atom stereocenters. The normalized spacial score (nSPS) is 11.0. The fourth-order valence-corrected chi connectivity index (χ4v) is 3.43. The SMILES string of the molecule is Cc1cc(-c2csc(NC(C)C)n2)nc2cc(OCC(=O)N(C)C)ccc12. The number of anilines is 1. The quantitative estimate of drug-likeness (QED) is 0.697. The van der Waals surface area contributed by atoms with Crippen LogP contribution in [0.15, 0.2) is 29.6 Å². The fraction of sp³-hybridized carbons (Fsp3) is 0.350. The lowest BCUT2D eigenvalue weighted by Gasteiger charge is -2.12. The maximum absolute atomic E-state index is 11.7. The first kappa shape index (κ1) is 19.1. The van der Waals surface area contributed by atoms with Gasteiger partial charge in [0, 0.05) is 37.0 Å². The zero-order valence-corrected chi connectivity index (χ0v) is 17.1. The van der Waals surface area contributed by atoms with E-state index in [9.17, 15) is 4.79 Å². The number of carbonyl (C=O) groups is 1. The molecule has 142 valence electrons. The minimum Gasteiger partial charge on any atom is -0.484 e. The summed E-state index contributed by atoms with van der Waals surface area (Å²) in [7, 11) is 3.42. The van der Waals surface area contributed by atoms with E-state index in [0.717, 1.165) is 33.0 Å². The van der Waals surface area contributed by atoms with E-state index in [4.69, 9.17) is 9.72 Å². The van der Waals surface area contributed by atoms with Gasteiger partial charge < -0.3 is 15.0 Å². The Labute approximate surface area is 163 Å². The molecule has 2 aromatic heterocycles. The first-order chi connectivity index (χ1) is 12.8. The number of benzene rings is 1. The summed E-state index contributed by atoms with van der Waals surface area (Å²) in [5.74, 6) is 0.544. The predicted octanol–water partition coefficient (Wildman–Crippen LogP) is 3.95. The lowest BCUT2D eigenvalue weighted by molar-refractivity contribution is -0.130. The van der Waals surface area contributed by atoms with E-state index < -0.39 is 0 Å². The molecule has 0 aliphatic rings. The first-order valence-corrected chi connectivity index (χ1v) is 9.68. The minimum atomic E-state index is -0.0827. The van der Waals surface area contributed by atoms with Crippen molar-refractivity contribution in [3.63, 3.8) is 0 Å². The van der Waals surface area contributed by atoms with E-state index in [2.05, 4.69) is 31.1 Å². The highest BCUT2D eigenvalue weighted by Crippen LogP contribution is 2.29. The molecule has 3 aromatic rings. The Morgan fingerprint density at radius 2 is 2.00 bits per heavy atom. The van der Waals surface area contributed by atoms with Crippen LogP contribution in [0.3, 0.4) is 0 Å². The number of amides is 1. The fourth-order valence-electron chi connectivity index (χ4n) is 2.58. The number of hydrogen-bond donors (Lipinski definition) is 1. The van der Waals surface area contributed by atoms with E-state index in [0.29, 0.717) is 11.8 Å². The molecule has 0 atom stereocenters. The second kappa shape index (κ2) is 7.92. The zero-order chi connectivity index (χ0) is 19.6. The van der Waals surface area contributed by atoms with Crippen LogP contribution >= 0.6 is 11.3 Å². The summed E-state index contributed by atoms with van der Waals surface area (Å²) in [5, 5.41) is 7.27. The highest BCUT2D eigenvalue weighted by Gasteiger charge is 2.11. The number of rotatable bonds is 6. The summed E-state index contributed by atoms with van der Waals surface area (Å²) in [6.07, 6.45) is 0. The topological polar surface area (TPSA) is 67.4 Å². The van der Waals surface area contributed by atoms with Crippen LogP contribution in [0.5, 0.6) is 5.75 Å². The van der Waals surface area contributed by atoms with Crippen LogP contribution in [0.4, 0.5) is 5.13 Å². The lowest BCUT2D eigenvalue weighted by atomic mass is 10.1. The number of thiazole rings is 1. The molecule has 0 saturated heterocycles. The van der Waals surface area contributed by atoms with E-state index in [1.807, 2.05) is 29.6 Å². The second-order valence-corrected chi connectivity index (χ2v) is 7.78. The Kier molecular flexibility index (Phi) is 5.60. The van der Waals surface area contributed by atoms with Crippen molar-refractivity contribution >= 4 is 33.3 Å². The van der Waals surface area contributed by atoms with Gasteiger partial charge in [-0.15, -0.1) is 11.3 Å². The number of likely N-dealkylation sites (N-methyl/N-ethyl adjacent to an activating group) is 1. The highest BCUT2D eigenvalue weighted by molar-refractivity contribution is 7.14. The molecular formula is C20H24N4O2S. The number of aromatic nitrogens is 2. The van der Waals surface area contributed by atoms with Gasteiger partial charge in [-0.2, -0.15) is 0 Å². The number of carbonyl (C=O) groups excluding carboxylic acids is 1. The molecule has 1 amide bonds. The molecule has 0 fully saturated rings. The van der Waals surface area contributed by atoms with Crippen LogP contribution in [0, 0.1) is 6.92 Å². The van der Waals surface area contributed by atoms with Crippen LogP contribution in [0.25, 0.3) is 22.3 Å². The van der Waals surface area contributed by atoms with Crippen LogP contribution in [-0.4, -0.2) is 47.5 Å². The smallest absolute Gasteiger partial charge is 0.259 e. The Hall–Kier alpha value is -2.67. The number of nitrogens with zero attached hydrogens (tertiary/aromatic N) is 3. The number of nitrogens with one attached hydrogen (secondary N) is 1. The number of ether oxygens (including phenoxy) is 1. The van der Waals surface area contributed by atoms with E-state index in [1.54, 1.807) is 25.4 Å². The Bertz CT molecular complexity index is 966. The number of hydrogen-bond acceptors (Lipinski definition) is 6. The van der Waals surface area contributed by atoms with Gasteiger partial charge in [0.25, 0.3) is 5.91 Å². The summed E-state index contributed by atoms with van der Waals surface area (Å²) in [5.41, 5.74) is 3.63. The van der Waals surface area contributed by atoms with Gasteiger partial charge in [-0.1, -0.05) is 0 Å². The summed E-state index contributed by atoms with van der Waals surface area (Å²) in [6.45, 7) is 6.24. The molecule has 0 aliphatic heterocycles. The molecule has 6 nitrogen and oxygen atoms in total. The monoisotopic (exact) mass is 384 g/mol. The largest absolute Gasteiger partial charge is 0.484 e. The molecule has 2 heterocycles. The van der Waals surface area contributed by atoms with Crippen molar-refractivity contribution < 1.29 is 9.53 Å². The van der Waals surface area contributed by atoms with E-state index >= 15 is 0 Å². The average Bonchev–Trinajstić information content (AvgIpc) is 3.06. The van der Waals surface area contributed by atoms with Crippen LogP contribution in [0.2, 0.25) is 0 Å². The molecule has 1 N–H and O–H groups in total. The van der Waals surface area contributed by atoms with Crippen LogP contribution in [-0.2, 0) is 4.79 Å². The van der Waals surface area contributed by atoms with Gasteiger partial charge in [0.05, 0.1) is 11.2 Å². The van der Waals surface area contributed by atoms with Gasteiger partial charge in [-0.05, 0) is 44.5 Å². The van der Waals surface area contributed by atoms with Crippen molar-refractivity contribution in [1.82, 2.24) is 14.9 Å². The van der Waals surface area contributed by atoms with Crippen LogP contribution < -0.4 is 10.1 Å². The maximum Gasteiger partial charge on any atom is 0.259 e. The molecule has 7 heteroatoms. The molecule has 3 rings (SSSR count). The summed E-state index contributed by atoms with van der Waals surface area (Å²) >= 11 is 1.57. The van der Waals surface area contributed by atoms with Crippen molar-refractivity contribution in [3.8, 4) is 17.1 Å². The van der Waals surface area contributed by atoms with Gasteiger partial charge in [-0.3, -0.25) is 4.79 Å². The van der Waals surface area contributed by atoms with Crippen molar-refractivity contribution in [2.75, 3.05) is 26.0 Å². The second-order valence-electron chi connectivity index (χ2n) is 6.92. The van der Waals surface area contributed by atoms with Gasteiger partial charge in [0.1, 0.15) is 11.4 Å². The van der Waals surface area contributed by atoms with Crippen molar-refractivity contribution in [2.45, 2.75) is 26.8 Å². The molecular weight excluding hydrogens is 360 g/mol. The minimum absolute atomic E-state index is 0.00744. The summed E-state index contributed by atoms with van der Waals surface area (Å²) < 4.78 is 5.62. The van der Waals surface area contributed by atoms with Crippen LogP contribution in [0.1, 0.15) is 19.4 Å². The Morgan fingerprint density at radius 3 is 2.70 bits per heavy atom. The third-order valence-corrected chi connectivity index (χ3v) is 4.80. The standard InChI is InChI=1S/C20H24N4O2S/c1-12(2)21-20-23-18(11-27-20)17-8-13(3)15-7-6-14(9-16(15)22-17)26-10-19(25)24(4)5/h6-9,11-12H,10H2,1-5H3,(H,21,23). The molecule has 1 aromatic carbocycles. The van der Waals surface area contributed by atoms with Gasteiger partial charge in [0.2, 0.25) is 0 Å². The van der Waals surface area contributed by atoms with Gasteiger partial charge in [-0.25, -0.2) is 9.97 Å². The number of aryl methyl sites for hydroxylation is 1. The number of pyridine rings is 1. The molecule has 0 bridgehead atoms. The predicted molar refractivity (Wildman–Crippen MR) is 111 cm³/mol. The Morgan fingerprint density at radius 1 is 1.22 bits per heavy atom.